The van der Waals surface area contributed by atoms with Crippen molar-refractivity contribution in [3.05, 3.63) is 34.3 Å². The Morgan fingerprint density at radius 3 is 2.87 bits per heavy atom. The minimum atomic E-state index is -2.61. The molecular formula is C16H15BrF2N2O2. The van der Waals surface area contributed by atoms with Crippen LogP contribution in [0.4, 0.5) is 8.78 Å². The summed E-state index contributed by atoms with van der Waals surface area (Å²) in [4.78, 5) is 13.4. The first-order valence-electron chi connectivity index (χ1n) is 7.03. The number of amides is 1. The maximum absolute atomic E-state index is 12.8. The van der Waals surface area contributed by atoms with Gasteiger partial charge in [0.25, 0.3) is 6.43 Å². The molecule has 122 valence electrons. The van der Waals surface area contributed by atoms with E-state index in [-0.39, 0.29) is 18.4 Å². The summed E-state index contributed by atoms with van der Waals surface area (Å²) in [6, 6.07) is 6.84. The van der Waals surface area contributed by atoms with Crippen LogP contribution in [-0.2, 0) is 4.79 Å². The number of hydrogen-bond acceptors (Lipinski definition) is 3. The zero-order chi connectivity index (χ0) is 17.0. The van der Waals surface area contributed by atoms with Crippen LogP contribution in [0, 0.1) is 17.2 Å². The number of carbonyl (C=O) groups is 1. The molecule has 1 heterocycles. The predicted molar refractivity (Wildman–Crippen MR) is 84.7 cm³/mol. The zero-order valence-corrected chi connectivity index (χ0v) is 14.0. The van der Waals surface area contributed by atoms with Crippen LogP contribution >= 0.6 is 15.9 Å². The molecule has 7 heteroatoms. The highest BCUT2D eigenvalue weighted by molar-refractivity contribution is 9.10. The Bertz CT molecular complexity index is 671. The summed E-state index contributed by atoms with van der Waals surface area (Å²) >= 11 is 3.37. The zero-order valence-electron chi connectivity index (χ0n) is 12.4. The molecule has 1 aromatic carbocycles. The van der Waals surface area contributed by atoms with Gasteiger partial charge >= 0.3 is 0 Å². The number of ether oxygens (including phenoxy) is 1. The number of rotatable bonds is 5. The maximum Gasteiger partial charge on any atom is 0.256 e. The lowest BCUT2D eigenvalue weighted by molar-refractivity contribution is -0.133. The summed E-state index contributed by atoms with van der Waals surface area (Å²) in [5.74, 6) is -0.132. The van der Waals surface area contributed by atoms with Gasteiger partial charge in [0.2, 0.25) is 5.91 Å². The fourth-order valence-electron chi connectivity index (χ4n) is 2.37. The molecule has 0 saturated heterocycles. The average Bonchev–Trinajstić information content (AvgIpc) is 2.50. The number of nitrogens with zero attached hydrogens (tertiary/aromatic N) is 2. The summed E-state index contributed by atoms with van der Waals surface area (Å²) in [7, 11) is 0. The van der Waals surface area contributed by atoms with Crippen molar-refractivity contribution < 1.29 is 18.3 Å². The molecule has 0 aliphatic carbocycles. The largest absolute Gasteiger partial charge is 0.479 e. The Morgan fingerprint density at radius 2 is 2.26 bits per heavy atom. The SMILES string of the molecule is CC1CC=C(c2ccc(OCC#N)cc2Br)N(CC(F)F)C1=O. The number of halogens is 3. The van der Waals surface area contributed by atoms with E-state index in [1.807, 2.05) is 6.07 Å². The van der Waals surface area contributed by atoms with Gasteiger partial charge in [0.15, 0.2) is 6.61 Å². The third kappa shape index (κ3) is 4.08. The van der Waals surface area contributed by atoms with Crippen molar-refractivity contribution in [1.29, 1.82) is 5.26 Å². The third-order valence-corrected chi connectivity index (χ3v) is 4.14. The van der Waals surface area contributed by atoms with Gasteiger partial charge in [-0.25, -0.2) is 8.78 Å². The smallest absolute Gasteiger partial charge is 0.256 e. The molecule has 0 aromatic heterocycles. The molecule has 23 heavy (non-hydrogen) atoms. The highest BCUT2D eigenvalue weighted by Crippen LogP contribution is 2.34. The van der Waals surface area contributed by atoms with E-state index >= 15 is 0 Å². The second kappa shape index (κ2) is 7.55. The maximum atomic E-state index is 12.8. The molecule has 1 aliphatic rings. The lowest BCUT2D eigenvalue weighted by Crippen LogP contribution is -2.39. The topological polar surface area (TPSA) is 53.3 Å². The summed E-state index contributed by atoms with van der Waals surface area (Å²) in [6.07, 6.45) is -0.304. The Morgan fingerprint density at radius 1 is 1.52 bits per heavy atom. The Kier molecular flexibility index (Phi) is 5.72. The van der Waals surface area contributed by atoms with Crippen molar-refractivity contribution in [2.24, 2.45) is 5.92 Å². The summed E-state index contributed by atoms with van der Waals surface area (Å²) in [5, 5.41) is 8.52. The highest BCUT2D eigenvalue weighted by Gasteiger charge is 2.30. The number of alkyl halides is 2. The monoisotopic (exact) mass is 384 g/mol. The van der Waals surface area contributed by atoms with E-state index in [9.17, 15) is 13.6 Å². The van der Waals surface area contributed by atoms with E-state index in [0.717, 1.165) is 4.90 Å². The fraction of sp³-hybridized carbons (Fsp3) is 0.375. The van der Waals surface area contributed by atoms with E-state index in [4.69, 9.17) is 10.00 Å². The number of hydrogen-bond donors (Lipinski definition) is 0. The van der Waals surface area contributed by atoms with E-state index < -0.39 is 13.0 Å². The molecular weight excluding hydrogens is 370 g/mol. The molecule has 4 nitrogen and oxygen atoms in total. The summed E-state index contributed by atoms with van der Waals surface area (Å²) in [6.45, 7) is 1.01. The lowest BCUT2D eigenvalue weighted by Gasteiger charge is -2.32. The van der Waals surface area contributed by atoms with E-state index in [2.05, 4.69) is 15.9 Å². The van der Waals surface area contributed by atoms with Crippen LogP contribution in [0.1, 0.15) is 18.9 Å². The fourth-order valence-corrected chi connectivity index (χ4v) is 2.94. The van der Waals surface area contributed by atoms with Gasteiger partial charge in [-0.2, -0.15) is 5.26 Å². The Balaban J connectivity index is 2.34. The van der Waals surface area contributed by atoms with Gasteiger partial charge in [0.05, 0.1) is 6.54 Å². The normalized spacial score (nSPS) is 17.9. The summed E-state index contributed by atoms with van der Waals surface area (Å²) < 4.78 is 31.5. The average molecular weight is 385 g/mol. The van der Waals surface area contributed by atoms with Gasteiger partial charge in [-0.1, -0.05) is 13.0 Å². The van der Waals surface area contributed by atoms with Gasteiger partial charge in [0.1, 0.15) is 11.8 Å². The second-order valence-corrected chi connectivity index (χ2v) is 6.01. The first kappa shape index (κ1) is 17.4. The van der Waals surface area contributed by atoms with Gasteiger partial charge in [-0.05, 0) is 40.5 Å². The molecule has 2 rings (SSSR count). The quantitative estimate of drug-likeness (QED) is 0.774. The van der Waals surface area contributed by atoms with E-state index in [0.29, 0.717) is 27.9 Å². The summed E-state index contributed by atoms with van der Waals surface area (Å²) in [5.41, 5.74) is 1.10. The number of carbonyl (C=O) groups excluding carboxylic acids is 1. The number of benzene rings is 1. The number of nitriles is 1. The lowest BCUT2D eigenvalue weighted by atomic mass is 9.97. The molecule has 1 aromatic rings. The van der Waals surface area contributed by atoms with Gasteiger partial charge < -0.3 is 9.64 Å². The van der Waals surface area contributed by atoms with Crippen molar-refractivity contribution in [3.8, 4) is 11.8 Å². The van der Waals surface area contributed by atoms with Crippen molar-refractivity contribution >= 4 is 27.5 Å². The van der Waals surface area contributed by atoms with Crippen LogP contribution in [0.5, 0.6) is 5.75 Å². The Labute approximate surface area is 141 Å². The van der Waals surface area contributed by atoms with Crippen LogP contribution in [0.15, 0.2) is 28.7 Å². The van der Waals surface area contributed by atoms with Crippen LogP contribution in [0.2, 0.25) is 0 Å². The van der Waals surface area contributed by atoms with Crippen molar-refractivity contribution in [2.75, 3.05) is 13.2 Å². The molecule has 0 spiro atoms. The van der Waals surface area contributed by atoms with Crippen molar-refractivity contribution in [1.82, 2.24) is 4.90 Å². The van der Waals surface area contributed by atoms with E-state index in [1.54, 1.807) is 31.2 Å². The highest BCUT2D eigenvalue weighted by atomic mass is 79.9. The molecule has 0 N–H and O–H groups in total. The molecule has 0 bridgehead atoms. The van der Waals surface area contributed by atoms with Crippen LogP contribution in [0.25, 0.3) is 5.70 Å². The van der Waals surface area contributed by atoms with Crippen LogP contribution in [0.3, 0.4) is 0 Å². The number of allylic oxidation sites excluding steroid dienone is 1. The molecule has 1 aliphatic heterocycles. The molecule has 1 unspecified atom stereocenters. The Hall–Kier alpha value is -1.94. The first-order valence-corrected chi connectivity index (χ1v) is 7.82. The molecule has 0 radical (unpaired) electrons. The molecule has 0 saturated carbocycles. The minimum absolute atomic E-state index is 0.0814. The molecule has 1 atom stereocenters. The van der Waals surface area contributed by atoms with E-state index in [1.165, 1.54) is 0 Å². The third-order valence-electron chi connectivity index (χ3n) is 3.48. The van der Waals surface area contributed by atoms with Gasteiger partial charge in [0, 0.05) is 21.7 Å². The van der Waals surface area contributed by atoms with Gasteiger partial charge in [-0.15, -0.1) is 0 Å². The van der Waals surface area contributed by atoms with Gasteiger partial charge in [-0.3, -0.25) is 4.79 Å². The first-order chi connectivity index (χ1) is 10.9. The predicted octanol–water partition coefficient (Wildman–Crippen LogP) is 3.83. The minimum Gasteiger partial charge on any atom is -0.479 e. The van der Waals surface area contributed by atoms with Crippen molar-refractivity contribution in [3.63, 3.8) is 0 Å². The standard InChI is InChI=1S/C16H15BrF2N2O2/c1-10-2-5-14(21(16(10)22)9-15(18)19)12-4-3-11(8-13(12)17)23-7-6-20/h3-5,8,10,15H,2,7,9H2,1H3. The van der Waals surface area contributed by atoms with Crippen LogP contribution in [-0.4, -0.2) is 30.4 Å². The molecule has 0 fully saturated rings. The second-order valence-electron chi connectivity index (χ2n) is 5.15. The van der Waals surface area contributed by atoms with Crippen molar-refractivity contribution in [2.45, 2.75) is 19.8 Å². The van der Waals surface area contributed by atoms with Crippen LogP contribution < -0.4 is 4.74 Å². The molecule has 1 amide bonds.